The Morgan fingerprint density at radius 2 is 1.85 bits per heavy atom. The number of fused-ring (bicyclic) bond motifs is 1. The summed E-state index contributed by atoms with van der Waals surface area (Å²) in [5.41, 5.74) is 2.84. The van der Waals surface area contributed by atoms with Crippen molar-refractivity contribution in [1.82, 2.24) is 9.97 Å². The number of rotatable bonds is 3. The zero-order chi connectivity index (χ0) is 13.5. The minimum atomic E-state index is 0.445. The molecule has 4 rings (SSSR count). The minimum absolute atomic E-state index is 0.445. The van der Waals surface area contributed by atoms with Gasteiger partial charge in [-0.3, -0.25) is 0 Å². The predicted octanol–water partition coefficient (Wildman–Crippen LogP) is 3.97. The molecule has 0 bridgehead atoms. The molecule has 20 heavy (non-hydrogen) atoms. The van der Waals surface area contributed by atoms with E-state index in [9.17, 15) is 0 Å². The fourth-order valence-electron chi connectivity index (χ4n) is 2.70. The van der Waals surface area contributed by atoms with Gasteiger partial charge in [0.2, 0.25) is 5.88 Å². The van der Waals surface area contributed by atoms with Crippen molar-refractivity contribution in [3.05, 3.63) is 52.3 Å². The van der Waals surface area contributed by atoms with Crippen LogP contribution in [0.15, 0.2) is 41.8 Å². The molecule has 4 heteroatoms. The maximum Gasteiger partial charge on any atom is 0.236 e. The molecule has 0 amide bonds. The Hall–Kier alpha value is -1.94. The van der Waals surface area contributed by atoms with E-state index in [1.807, 2.05) is 35.6 Å². The van der Waals surface area contributed by atoms with Crippen molar-refractivity contribution in [2.45, 2.75) is 18.3 Å². The quantitative estimate of drug-likeness (QED) is 0.729. The Morgan fingerprint density at radius 1 is 1.05 bits per heavy atom. The normalized spacial score (nSPS) is 21.1. The standard InChI is InChI=1S/C16H14N2OS/c1-19-16-15(11-9-10(11)14-7-4-8-20-14)17-12-5-2-3-6-13(12)18-16/h2-8,10-11H,9H2,1H3. The number of aromatic nitrogens is 2. The zero-order valence-electron chi connectivity index (χ0n) is 11.1. The SMILES string of the molecule is COc1nc2ccccc2nc1C1CC1c1cccs1. The van der Waals surface area contributed by atoms with Crippen molar-refractivity contribution < 1.29 is 4.74 Å². The van der Waals surface area contributed by atoms with Crippen LogP contribution < -0.4 is 4.74 Å². The highest BCUT2D eigenvalue weighted by Crippen LogP contribution is 2.56. The van der Waals surface area contributed by atoms with E-state index in [0.717, 1.165) is 23.1 Å². The summed E-state index contributed by atoms with van der Waals surface area (Å²) in [4.78, 5) is 10.8. The Kier molecular flexibility index (Phi) is 2.70. The van der Waals surface area contributed by atoms with Crippen molar-refractivity contribution in [2.24, 2.45) is 0 Å². The van der Waals surface area contributed by atoms with Gasteiger partial charge in [0.15, 0.2) is 0 Å². The van der Waals surface area contributed by atoms with Crippen LogP contribution in [0.1, 0.15) is 28.8 Å². The van der Waals surface area contributed by atoms with Crippen LogP contribution in [0, 0.1) is 0 Å². The number of benzene rings is 1. The second-order valence-electron chi connectivity index (χ2n) is 5.07. The third-order valence-electron chi connectivity index (χ3n) is 3.81. The summed E-state index contributed by atoms with van der Waals surface area (Å²) >= 11 is 1.82. The first-order valence-corrected chi connectivity index (χ1v) is 7.59. The number of methoxy groups -OCH3 is 1. The number of para-hydroxylation sites is 2. The van der Waals surface area contributed by atoms with E-state index in [0.29, 0.717) is 17.7 Å². The van der Waals surface area contributed by atoms with Crippen LogP contribution in [0.25, 0.3) is 11.0 Å². The third-order valence-corrected chi connectivity index (χ3v) is 4.81. The lowest BCUT2D eigenvalue weighted by atomic mass is 10.2. The number of hydrogen-bond acceptors (Lipinski definition) is 4. The summed E-state index contributed by atoms with van der Waals surface area (Å²) in [6.07, 6.45) is 1.14. The highest BCUT2D eigenvalue weighted by molar-refractivity contribution is 7.10. The molecular formula is C16H14N2OS. The lowest BCUT2D eigenvalue weighted by Gasteiger charge is -2.07. The van der Waals surface area contributed by atoms with Crippen LogP contribution >= 0.6 is 11.3 Å². The van der Waals surface area contributed by atoms with Crippen molar-refractivity contribution in [3.63, 3.8) is 0 Å². The van der Waals surface area contributed by atoms with Crippen molar-refractivity contribution >= 4 is 22.4 Å². The van der Waals surface area contributed by atoms with Crippen molar-refractivity contribution in [3.8, 4) is 5.88 Å². The maximum absolute atomic E-state index is 5.45. The van der Waals surface area contributed by atoms with Gasteiger partial charge in [-0.25, -0.2) is 9.97 Å². The van der Waals surface area contributed by atoms with Gasteiger partial charge in [-0.05, 0) is 30.0 Å². The number of hydrogen-bond donors (Lipinski definition) is 0. The minimum Gasteiger partial charge on any atom is -0.480 e. The summed E-state index contributed by atoms with van der Waals surface area (Å²) in [6.45, 7) is 0. The van der Waals surface area contributed by atoms with Gasteiger partial charge in [0.25, 0.3) is 0 Å². The molecule has 1 fully saturated rings. The Morgan fingerprint density at radius 3 is 2.55 bits per heavy atom. The molecule has 0 N–H and O–H groups in total. The van der Waals surface area contributed by atoms with Gasteiger partial charge in [0.05, 0.1) is 18.1 Å². The maximum atomic E-state index is 5.45. The summed E-state index contributed by atoms with van der Waals surface area (Å²) < 4.78 is 5.45. The molecule has 2 atom stereocenters. The fraction of sp³-hybridized carbons (Fsp3) is 0.250. The monoisotopic (exact) mass is 282 g/mol. The molecule has 3 nitrogen and oxygen atoms in total. The zero-order valence-corrected chi connectivity index (χ0v) is 11.9. The average molecular weight is 282 g/mol. The first-order chi connectivity index (χ1) is 9.86. The van der Waals surface area contributed by atoms with E-state index in [1.165, 1.54) is 4.88 Å². The third kappa shape index (κ3) is 1.88. The molecular weight excluding hydrogens is 268 g/mol. The highest BCUT2D eigenvalue weighted by atomic mass is 32.1. The van der Waals surface area contributed by atoms with Crippen molar-refractivity contribution in [2.75, 3.05) is 7.11 Å². The van der Waals surface area contributed by atoms with Crippen LogP contribution in [0.2, 0.25) is 0 Å². The number of ether oxygens (including phenoxy) is 1. The van der Waals surface area contributed by atoms with E-state index in [-0.39, 0.29) is 0 Å². The molecule has 1 aromatic carbocycles. The molecule has 0 radical (unpaired) electrons. The van der Waals surface area contributed by atoms with E-state index in [2.05, 4.69) is 22.5 Å². The van der Waals surface area contributed by atoms with E-state index in [1.54, 1.807) is 7.11 Å². The number of thiophene rings is 1. The average Bonchev–Trinajstić information content (AvgIpc) is 3.10. The first-order valence-electron chi connectivity index (χ1n) is 6.71. The van der Waals surface area contributed by atoms with Crippen LogP contribution in [0.4, 0.5) is 0 Å². The molecule has 100 valence electrons. The van der Waals surface area contributed by atoms with E-state index < -0.39 is 0 Å². The molecule has 0 saturated heterocycles. The fourth-order valence-corrected chi connectivity index (χ4v) is 3.61. The predicted molar refractivity (Wildman–Crippen MR) is 80.5 cm³/mol. The molecule has 1 aliphatic rings. The Balaban J connectivity index is 1.76. The summed E-state index contributed by atoms with van der Waals surface area (Å²) in [5.74, 6) is 1.70. The molecule has 0 aliphatic heterocycles. The smallest absolute Gasteiger partial charge is 0.236 e. The second-order valence-corrected chi connectivity index (χ2v) is 6.05. The molecule has 1 saturated carbocycles. The summed E-state index contributed by atoms with van der Waals surface area (Å²) in [6, 6.07) is 12.3. The van der Waals surface area contributed by atoms with Gasteiger partial charge >= 0.3 is 0 Å². The Bertz CT molecular complexity index is 754. The van der Waals surface area contributed by atoms with Crippen LogP contribution in [-0.4, -0.2) is 17.1 Å². The molecule has 0 spiro atoms. The van der Waals surface area contributed by atoms with Crippen LogP contribution in [0.5, 0.6) is 5.88 Å². The Labute approximate surface area is 121 Å². The second kappa shape index (κ2) is 4.56. The van der Waals surface area contributed by atoms with Gasteiger partial charge in [0.1, 0.15) is 5.69 Å². The van der Waals surface area contributed by atoms with Crippen LogP contribution in [0.3, 0.4) is 0 Å². The van der Waals surface area contributed by atoms with Gasteiger partial charge in [-0.1, -0.05) is 18.2 Å². The van der Waals surface area contributed by atoms with E-state index >= 15 is 0 Å². The van der Waals surface area contributed by atoms with Crippen molar-refractivity contribution in [1.29, 1.82) is 0 Å². The largest absolute Gasteiger partial charge is 0.480 e. The lowest BCUT2D eigenvalue weighted by molar-refractivity contribution is 0.391. The summed E-state index contributed by atoms with van der Waals surface area (Å²) in [5, 5.41) is 2.13. The molecule has 2 aromatic heterocycles. The molecule has 3 aromatic rings. The van der Waals surface area contributed by atoms with Crippen LogP contribution in [-0.2, 0) is 0 Å². The van der Waals surface area contributed by atoms with E-state index in [4.69, 9.17) is 9.72 Å². The first kappa shape index (κ1) is 11.9. The summed E-state index contributed by atoms with van der Waals surface area (Å²) in [7, 11) is 1.67. The molecule has 2 heterocycles. The van der Waals surface area contributed by atoms with Gasteiger partial charge in [-0.2, -0.15) is 0 Å². The van der Waals surface area contributed by atoms with Gasteiger partial charge in [0, 0.05) is 16.7 Å². The molecule has 1 aliphatic carbocycles. The molecule has 2 unspecified atom stereocenters. The topological polar surface area (TPSA) is 35.0 Å². The van der Waals surface area contributed by atoms with Gasteiger partial charge < -0.3 is 4.74 Å². The van der Waals surface area contributed by atoms with Gasteiger partial charge in [-0.15, -0.1) is 11.3 Å². The highest BCUT2D eigenvalue weighted by Gasteiger charge is 2.43. The lowest BCUT2D eigenvalue weighted by Crippen LogP contribution is -1.99. The number of nitrogens with zero attached hydrogens (tertiary/aromatic N) is 2.